The van der Waals surface area contributed by atoms with Crippen LogP contribution < -0.4 is 4.72 Å². The monoisotopic (exact) mass is 451 g/mol. The predicted molar refractivity (Wildman–Crippen MR) is 94.4 cm³/mol. The van der Waals surface area contributed by atoms with Crippen molar-refractivity contribution in [1.82, 2.24) is 4.72 Å². The molecule has 0 aliphatic heterocycles. The van der Waals surface area contributed by atoms with Gasteiger partial charge >= 0.3 is 0 Å². The van der Waals surface area contributed by atoms with Crippen LogP contribution in [0.1, 0.15) is 18.1 Å². The molecule has 7 heteroatoms. The maximum atomic E-state index is 12.3. The molecule has 0 saturated carbocycles. The van der Waals surface area contributed by atoms with E-state index in [4.69, 9.17) is 0 Å². The topological polar surface area (TPSA) is 46.2 Å². The molecule has 0 amide bonds. The molecule has 1 aromatic carbocycles. The normalized spacial score (nSPS) is 13.3. The minimum atomic E-state index is -3.46. The van der Waals surface area contributed by atoms with Crippen LogP contribution >= 0.6 is 43.2 Å². The molecule has 0 spiro atoms. The third-order valence-electron chi connectivity index (χ3n) is 2.91. The molecule has 1 unspecified atom stereocenters. The number of nitrogens with one attached hydrogen (secondary N) is 1. The highest BCUT2D eigenvalue weighted by atomic mass is 79.9. The fourth-order valence-corrected chi connectivity index (χ4v) is 5.65. The lowest BCUT2D eigenvalue weighted by Crippen LogP contribution is -2.33. The van der Waals surface area contributed by atoms with Crippen molar-refractivity contribution in [2.24, 2.45) is 0 Å². The van der Waals surface area contributed by atoms with Crippen LogP contribution in [-0.2, 0) is 16.4 Å². The molecule has 0 aliphatic rings. The molecule has 0 aliphatic carbocycles. The smallest absolute Gasteiger partial charge is 0.207 e. The van der Waals surface area contributed by atoms with Crippen LogP contribution in [-0.4, -0.2) is 14.5 Å². The first-order chi connectivity index (χ1) is 9.78. The fraction of sp³-hybridized carbons (Fsp3) is 0.286. The standard InChI is InChI=1S/C14H15Br2NO2S2/c1-9-7-13(20-14(9)16)21(18,19)17-10(2)8-11-3-5-12(15)6-4-11/h3-7,10,17H,8H2,1-2H3. The van der Waals surface area contributed by atoms with E-state index in [1.54, 1.807) is 6.07 Å². The summed E-state index contributed by atoms with van der Waals surface area (Å²) in [6.45, 7) is 3.75. The van der Waals surface area contributed by atoms with Crippen LogP contribution in [0, 0.1) is 6.92 Å². The van der Waals surface area contributed by atoms with Gasteiger partial charge in [0, 0.05) is 10.5 Å². The van der Waals surface area contributed by atoms with Crippen LogP contribution in [0.4, 0.5) is 0 Å². The molecular formula is C14H15Br2NO2S2. The number of hydrogen-bond acceptors (Lipinski definition) is 3. The Labute approximate surface area is 146 Å². The van der Waals surface area contributed by atoms with Crippen molar-refractivity contribution in [2.45, 2.75) is 30.5 Å². The van der Waals surface area contributed by atoms with Crippen molar-refractivity contribution in [3.8, 4) is 0 Å². The van der Waals surface area contributed by atoms with Crippen molar-refractivity contribution in [1.29, 1.82) is 0 Å². The molecule has 0 saturated heterocycles. The number of benzene rings is 1. The summed E-state index contributed by atoms with van der Waals surface area (Å²) in [6, 6.07) is 9.40. The molecule has 0 fully saturated rings. The molecule has 2 rings (SSSR count). The summed E-state index contributed by atoms with van der Waals surface area (Å²) in [5, 5.41) is 0. The Balaban J connectivity index is 2.07. The summed E-state index contributed by atoms with van der Waals surface area (Å²) >= 11 is 7.97. The van der Waals surface area contributed by atoms with Gasteiger partial charge in [0.05, 0.1) is 3.79 Å². The van der Waals surface area contributed by atoms with Crippen molar-refractivity contribution in [3.05, 3.63) is 49.7 Å². The molecule has 0 bridgehead atoms. The molecule has 1 N–H and O–H groups in total. The second kappa shape index (κ2) is 6.91. The molecule has 1 aromatic heterocycles. The van der Waals surface area contributed by atoms with Gasteiger partial charge in [0.15, 0.2) is 0 Å². The van der Waals surface area contributed by atoms with Crippen molar-refractivity contribution in [2.75, 3.05) is 0 Å². The summed E-state index contributed by atoms with van der Waals surface area (Å²) in [6.07, 6.45) is 0.651. The summed E-state index contributed by atoms with van der Waals surface area (Å²) in [5.41, 5.74) is 2.03. The second-order valence-electron chi connectivity index (χ2n) is 4.88. The van der Waals surface area contributed by atoms with Crippen molar-refractivity contribution in [3.63, 3.8) is 0 Å². The minimum absolute atomic E-state index is 0.169. The molecule has 3 nitrogen and oxygen atoms in total. The number of sulfonamides is 1. The van der Waals surface area contributed by atoms with Crippen LogP contribution in [0.25, 0.3) is 0 Å². The van der Waals surface area contributed by atoms with Gasteiger partial charge in [-0.2, -0.15) is 0 Å². The Hall–Kier alpha value is -0.210. The van der Waals surface area contributed by atoms with Gasteiger partial charge in [-0.05, 0) is 65.5 Å². The first-order valence-electron chi connectivity index (χ1n) is 6.30. The Kier molecular flexibility index (Phi) is 5.65. The lowest BCUT2D eigenvalue weighted by atomic mass is 10.1. The van der Waals surface area contributed by atoms with Crippen molar-refractivity contribution >= 4 is 53.2 Å². The molecule has 2 aromatic rings. The minimum Gasteiger partial charge on any atom is -0.207 e. The Morgan fingerprint density at radius 3 is 2.38 bits per heavy atom. The highest BCUT2D eigenvalue weighted by Crippen LogP contribution is 2.30. The third-order valence-corrected chi connectivity index (χ3v) is 7.64. The van der Waals surface area contributed by atoms with E-state index in [1.807, 2.05) is 38.1 Å². The second-order valence-corrected chi connectivity index (χ2v) is 10.1. The van der Waals surface area contributed by atoms with E-state index in [0.29, 0.717) is 10.6 Å². The van der Waals surface area contributed by atoms with Crippen LogP contribution in [0.2, 0.25) is 0 Å². The number of halogens is 2. The maximum Gasteiger partial charge on any atom is 0.250 e. The van der Waals surface area contributed by atoms with Gasteiger partial charge in [-0.3, -0.25) is 0 Å². The van der Waals surface area contributed by atoms with Crippen molar-refractivity contribution < 1.29 is 8.42 Å². The van der Waals surface area contributed by atoms with E-state index in [9.17, 15) is 8.42 Å². The van der Waals surface area contributed by atoms with Gasteiger partial charge in [0.25, 0.3) is 0 Å². The van der Waals surface area contributed by atoms with Crippen LogP contribution in [0.5, 0.6) is 0 Å². The number of rotatable bonds is 5. The largest absolute Gasteiger partial charge is 0.250 e. The van der Waals surface area contributed by atoms with E-state index in [1.165, 1.54) is 11.3 Å². The molecule has 1 atom stereocenters. The molecule has 1 heterocycles. The van der Waals surface area contributed by atoms with E-state index < -0.39 is 10.0 Å². The Morgan fingerprint density at radius 2 is 1.86 bits per heavy atom. The quantitative estimate of drug-likeness (QED) is 0.726. The zero-order valence-electron chi connectivity index (χ0n) is 11.6. The molecule has 114 valence electrons. The summed E-state index contributed by atoms with van der Waals surface area (Å²) in [5.74, 6) is 0. The SMILES string of the molecule is Cc1cc(S(=O)(=O)NC(C)Cc2ccc(Br)cc2)sc1Br. The fourth-order valence-electron chi connectivity index (χ4n) is 1.90. The highest BCUT2D eigenvalue weighted by molar-refractivity contribution is 9.11. The first-order valence-corrected chi connectivity index (χ1v) is 10.2. The average Bonchev–Trinajstić information content (AvgIpc) is 2.73. The predicted octanol–water partition coefficient (Wildman–Crippen LogP) is 4.49. The first kappa shape index (κ1) is 17.1. The maximum absolute atomic E-state index is 12.3. The zero-order valence-corrected chi connectivity index (χ0v) is 16.4. The highest BCUT2D eigenvalue weighted by Gasteiger charge is 2.20. The lowest BCUT2D eigenvalue weighted by molar-refractivity contribution is 0.561. The van der Waals surface area contributed by atoms with E-state index in [0.717, 1.165) is 19.4 Å². The summed E-state index contributed by atoms with van der Waals surface area (Å²) < 4.78 is 29.6. The average molecular weight is 453 g/mol. The Bertz CT molecular complexity index is 704. The van der Waals surface area contributed by atoms with Crippen LogP contribution in [0.15, 0.2) is 42.8 Å². The van der Waals surface area contributed by atoms with E-state index in [2.05, 4.69) is 36.6 Å². The van der Waals surface area contributed by atoms with E-state index >= 15 is 0 Å². The number of thiophene rings is 1. The van der Waals surface area contributed by atoms with Gasteiger partial charge in [-0.15, -0.1) is 11.3 Å². The molecule has 21 heavy (non-hydrogen) atoms. The molecular weight excluding hydrogens is 438 g/mol. The Morgan fingerprint density at radius 1 is 1.24 bits per heavy atom. The van der Waals surface area contributed by atoms with Gasteiger partial charge in [0.2, 0.25) is 10.0 Å². The van der Waals surface area contributed by atoms with Gasteiger partial charge < -0.3 is 0 Å². The van der Waals surface area contributed by atoms with Crippen LogP contribution in [0.3, 0.4) is 0 Å². The number of hydrogen-bond donors (Lipinski definition) is 1. The van der Waals surface area contributed by atoms with Gasteiger partial charge in [-0.25, -0.2) is 13.1 Å². The zero-order chi connectivity index (χ0) is 15.6. The molecule has 0 radical (unpaired) electrons. The summed E-state index contributed by atoms with van der Waals surface area (Å²) in [7, 11) is -3.46. The number of aryl methyl sites for hydroxylation is 1. The van der Waals surface area contributed by atoms with E-state index in [-0.39, 0.29) is 6.04 Å². The summed E-state index contributed by atoms with van der Waals surface area (Å²) in [4.78, 5) is 0. The van der Waals surface area contributed by atoms with Gasteiger partial charge in [-0.1, -0.05) is 28.1 Å². The van der Waals surface area contributed by atoms with Gasteiger partial charge in [0.1, 0.15) is 4.21 Å². The third kappa shape index (κ3) is 4.63. The lowest BCUT2D eigenvalue weighted by Gasteiger charge is -2.13.